The van der Waals surface area contributed by atoms with Crippen LogP contribution in [0.15, 0.2) is 18.2 Å². The molecule has 0 nitrogen and oxygen atoms in total. The number of hydrogen-bond donors (Lipinski definition) is 0. The summed E-state index contributed by atoms with van der Waals surface area (Å²) in [5.74, 6) is 0. The van der Waals surface area contributed by atoms with Crippen molar-refractivity contribution in [2.45, 2.75) is 159 Å². The summed E-state index contributed by atoms with van der Waals surface area (Å²) in [6.07, 6.45) is 0. The lowest BCUT2D eigenvalue weighted by Crippen LogP contribution is -2.73. The Balaban J connectivity index is 2.93. The molecule has 0 atom stereocenters. The van der Waals surface area contributed by atoms with Gasteiger partial charge in [-0.1, -0.05) is 184 Å². The minimum absolute atomic E-state index is 1.42. The number of hydrogen-bond acceptors (Lipinski definition) is 0. The fourth-order valence-corrected chi connectivity index (χ4v) is 35.0. The van der Waals surface area contributed by atoms with E-state index in [4.69, 9.17) is 11.1 Å². The maximum Gasteiger partial charge on any atom is 0.249 e. The smallest absolute Gasteiger partial charge is 0.149 e. The quantitative estimate of drug-likeness (QED) is 0.117. The van der Waals surface area contributed by atoms with Crippen LogP contribution in [0.25, 0.3) is 0 Å². The highest BCUT2D eigenvalue weighted by atomic mass is 35.6. The number of halogens is 1. The Hall–Kier alpha value is -0.532. The Labute approximate surface area is 322 Å². The number of aryl methyl sites for hydroxylation is 3. The zero-order valence-electron chi connectivity index (χ0n) is 37.1. The van der Waals surface area contributed by atoms with Gasteiger partial charge in [-0.3, -0.25) is 0 Å². The first kappa shape index (κ1) is 43.9. The molecule has 0 aromatic heterocycles. The first-order chi connectivity index (χ1) is 22.0. The first-order valence-corrected chi connectivity index (χ1v) is 43.2. The molecule has 0 aliphatic carbocycles. The van der Waals surface area contributed by atoms with Gasteiger partial charge in [-0.05, 0) is 73.8 Å². The van der Waals surface area contributed by atoms with E-state index in [9.17, 15) is 0 Å². The average molecular weight is 812 g/mol. The Morgan fingerprint density at radius 2 is 0.480 bits per heavy atom. The Morgan fingerprint density at radius 3 is 0.620 bits per heavy atom. The number of benzene rings is 3. The summed E-state index contributed by atoms with van der Waals surface area (Å²) in [5, 5.41) is 14.6. The van der Waals surface area contributed by atoms with Crippen molar-refractivity contribution in [3.8, 4) is 0 Å². The summed E-state index contributed by atoms with van der Waals surface area (Å²) in [5.41, 5.74) is 8.84. The Bertz CT molecular complexity index is 1600. The fourth-order valence-electron chi connectivity index (χ4n) is 9.59. The summed E-state index contributed by atoms with van der Waals surface area (Å²) in [6.45, 7) is 60.8. The van der Waals surface area contributed by atoms with Gasteiger partial charge in [0.25, 0.3) is 0 Å². The van der Waals surface area contributed by atoms with Crippen molar-refractivity contribution in [3.05, 3.63) is 51.6 Å². The average Bonchev–Trinajstić information content (AvgIpc) is 2.83. The van der Waals surface area contributed by atoms with Gasteiger partial charge in [-0.2, -0.15) is 0 Å². The molecular weight excluding hydrogens is 737 g/mol. The summed E-state index contributed by atoms with van der Waals surface area (Å²) in [4.78, 5) is 0. The molecule has 8 heteroatoms. The summed E-state index contributed by atoms with van der Waals surface area (Å²) < 4.78 is 0. The molecule has 0 radical (unpaired) electrons. The molecule has 3 rings (SSSR count). The molecule has 0 spiro atoms. The van der Waals surface area contributed by atoms with Crippen molar-refractivity contribution in [2.24, 2.45) is 0 Å². The van der Waals surface area contributed by atoms with E-state index in [-0.39, 0.29) is 0 Å². The van der Waals surface area contributed by atoms with Crippen LogP contribution in [0.3, 0.4) is 0 Å². The van der Waals surface area contributed by atoms with Gasteiger partial charge >= 0.3 is 0 Å². The molecule has 0 unspecified atom stereocenters. The van der Waals surface area contributed by atoms with Crippen LogP contribution in [0.4, 0.5) is 0 Å². The topological polar surface area (TPSA) is 0 Å². The monoisotopic (exact) mass is 810 g/mol. The highest BCUT2D eigenvalue weighted by Crippen LogP contribution is 2.26. The molecule has 0 aliphatic heterocycles. The van der Waals surface area contributed by atoms with Gasteiger partial charge in [0.05, 0.1) is 48.4 Å². The lowest BCUT2D eigenvalue weighted by Gasteiger charge is -2.42. The van der Waals surface area contributed by atoms with E-state index in [2.05, 4.69) is 178 Å². The second kappa shape index (κ2) is 13.6. The lowest BCUT2D eigenvalue weighted by molar-refractivity contribution is 1.40. The normalized spacial score (nSPS) is 14.1. The molecule has 0 bridgehead atoms. The highest BCUT2D eigenvalue weighted by molar-refractivity contribution is 7.41. The van der Waals surface area contributed by atoms with Crippen LogP contribution in [-0.2, 0) is 0 Å². The van der Waals surface area contributed by atoms with Gasteiger partial charge in [0, 0.05) is 0 Å². The van der Waals surface area contributed by atoms with E-state index in [1.54, 1.807) is 31.1 Å². The second-order valence-electron chi connectivity index (χ2n) is 22.0. The van der Waals surface area contributed by atoms with E-state index < -0.39 is 55.8 Å². The zero-order chi connectivity index (χ0) is 39.3. The molecular formula is C42H75ClSi7. The minimum Gasteiger partial charge on any atom is -0.149 e. The maximum atomic E-state index is 9.13. The SMILES string of the molecule is Cc1cc([Si](C)(C)C)c([Si](C)(C)C)c(C)c1[Si](Cl)(c1c(C)cc([Si](C)(C)C)c([Si](C)(C)C)c1C)c1c(C)cc([Si](C)(C)C)c([Si](C)(C)C)c1C. The van der Waals surface area contributed by atoms with E-state index in [1.807, 2.05) is 0 Å². The summed E-state index contributed by atoms with van der Waals surface area (Å²) in [6, 6.07) is 7.94. The molecule has 0 aliphatic rings. The number of rotatable bonds is 9. The third-order valence-corrected chi connectivity index (χ3v) is 30.3. The molecule has 50 heavy (non-hydrogen) atoms. The standard InChI is InChI=1S/C42H75ClSi7/c1-28-25-34(44(7,8)9)40(47(16,17)18)31(4)37(28)50(43,38-29(2)26-35(45(10,11)12)41(32(38)5)48(19,20)21)39-30(3)27-36(46(13,14)15)42(33(39)6)49(22,23)24/h25-27H,1-24H3. The van der Waals surface area contributed by atoms with Gasteiger partial charge in [0.2, 0.25) is 7.38 Å². The second-order valence-corrected chi connectivity index (χ2v) is 56.6. The van der Waals surface area contributed by atoms with E-state index >= 15 is 0 Å². The van der Waals surface area contributed by atoms with Gasteiger partial charge in [-0.15, -0.1) is 11.1 Å². The molecule has 0 saturated heterocycles. The molecule has 0 heterocycles. The van der Waals surface area contributed by atoms with E-state index in [0.29, 0.717) is 0 Å². The largest absolute Gasteiger partial charge is 0.249 e. The fraction of sp³-hybridized carbons (Fsp3) is 0.571. The predicted octanol–water partition coefficient (Wildman–Crippen LogP) is 8.01. The summed E-state index contributed by atoms with van der Waals surface area (Å²) >= 11 is 9.13. The highest BCUT2D eigenvalue weighted by Gasteiger charge is 2.49. The third-order valence-electron chi connectivity index (χ3n) is 11.0. The molecule has 0 saturated carbocycles. The van der Waals surface area contributed by atoms with Crippen LogP contribution in [0.5, 0.6) is 0 Å². The van der Waals surface area contributed by atoms with Crippen LogP contribution < -0.4 is 46.7 Å². The third kappa shape index (κ3) is 7.96. The molecule has 0 fully saturated rings. The molecule has 3 aromatic rings. The minimum atomic E-state index is -3.14. The van der Waals surface area contributed by atoms with Crippen molar-refractivity contribution in [1.29, 1.82) is 0 Å². The van der Waals surface area contributed by atoms with E-state index in [0.717, 1.165) is 0 Å². The van der Waals surface area contributed by atoms with Crippen LogP contribution >= 0.6 is 11.1 Å². The zero-order valence-corrected chi connectivity index (χ0v) is 44.9. The van der Waals surface area contributed by atoms with Crippen molar-refractivity contribution in [2.75, 3.05) is 0 Å². The van der Waals surface area contributed by atoms with Crippen LogP contribution in [0, 0.1) is 41.5 Å². The van der Waals surface area contributed by atoms with Crippen LogP contribution in [0.2, 0.25) is 118 Å². The van der Waals surface area contributed by atoms with Crippen molar-refractivity contribution in [1.82, 2.24) is 0 Å². The van der Waals surface area contributed by atoms with Crippen LogP contribution in [-0.4, -0.2) is 55.8 Å². The van der Waals surface area contributed by atoms with Crippen molar-refractivity contribution in [3.63, 3.8) is 0 Å². The van der Waals surface area contributed by atoms with Gasteiger partial charge in [0.15, 0.2) is 0 Å². The van der Waals surface area contributed by atoms with Crippen molar-refractivity contribution < 1.29 is 0 Å². The maximum absolute atomic E-state index is 9.13. The van der Waals surface area contributed by atoms with Gasteiger partial charge in [-0.25, -0.2) is 0 Å². The molecule has 0 N–H and O–H groups in total. The van der Waals surface area contributed by atoms with Crippen LogP contribution in [0.1, 0.15) is 33.4 Å². The van der Waals surface area contributed by atoms with Gasteiger partial charge < -0.3 is 0 Å². The Morgan fingerprint density at radius 1 is 0.300 bits per heavy atom. The Kier molecular flexibility index (Phi) is 12.0. The molecule has 3 aromatic carbocycles. The summed E-state index contributed by atoms with van der Waals surface area (Å²) in [7, 11) is -13.3. The lowest BCUT2D eigenvalue weighted by atomic mass is 10.1. The van der Waals surface area contributed by atoms with Crippen molar-refractivity contribution >= 4 is 114 Å². The van der Waals surface area contributed by atoms with Gasteiger partial charge in [0.1, 0.15) is 0 Å². The van der Waals surface area contributed by atoms with E-state index in [1.165, 1.54) is 48.9 Å². The molecule has 0 amide bonds. The predicted molar refractivity (Wildman–Crippen MR) is 256 cm³/mol. The molecule has 278 valence electrons. The first-order valence-electron chi connectivity index (χ1n) is 19.2.